The first-order valence-corrected chi connectivity index (χ1v) is 10.4. The van der Waals surface area contributed by atoms with Gasteiger partial charge in [0.2, 0.25) is 5.91 Å². The molecule has 0 bridgehead atoms. The van der Waals surface area contributed by atoms with E-state index in [0.29, 0.717) is 23.0 Å². The van der Waals surface area contributed by atoms with E-state index in [1.807, 2.05) is 11.8 Å². The molecule has 3 aliphatic rings. The summed E-state index contributed by atoms with van der Waals surface area (Å²) >= 11 is 1.85. The maximum absolute atomic E-state index is 12.3. The van der Waals surface area contributed by atoms with Gasteiger partial charge in [-0.2, -0.15) is 0 Å². The van der Waals surface area contributed by atoms with Crippen LogP contribution in [0.15, 0.2) is 11.6 Å². The number of carbonyl (C=O) groups is 1. The van der Waals surface area contributed by atoms with Crippen LogP contribution in [-0.2, 0) is 9.53 Å². The van der Waals surface area contributed by atoms with Crippen molar-refractivity contribution < 1.29 is 9.53 Å². The normalized spacial score (nSPS) is 30.9. The SMILES string of the molecule is CC1=CC[C@@H](CC2SCC(=O)N2CCCN2CCOCC2)C1(C)C. The molecule has 0 spiro atoms. The minimum Gasteiger partial charge on any atom is -0.379 e. The van der Waals surface area contributed by atoms with Crippen molar-refractivity contribution in [1.29, 1.82) is 0 Å². The zero-order valence-electron chi connectivity index (χ0n) is 15.4. The lowest BCUT2D eigenvalue weighted by atomic mass is 9.76. The average molecular weight is 353 g/mol. The zero-order chi connectivity index (χ0) is 17.2. The molecule has 24 heavy (non-hydrogen) atoms. The Hall–Kier alpha value is -0.520. The highest BCUT2D eigenvalue weighted by molar-refractivity contribution is 8.00. The topological polar surface area (TPSA) is 32.8 Å². The van der Waals surface area contributed by atoms with E-state index in [1.165, 1.54) is 12.0 Å². The van der Waals surface area contributed by atoms with Gasteiger partial charge in [0.25, 0.3) is 0 Å². The molecule has 2 atom stereocenters. The summed E-state index contributed by atoms with van der Waals surface area (Å²) < 4.78 is 5.40. The average Bonchev–Trinajstić information content (AvgIpc) is 3.03. The molecule has 0 aromatic heterocycles. The fourth-order valence-electron chi connectivity index (χ4n) is 4.09. The Labute approximate surface area is 151 Å². The van der Waals surface area contributed by atoms with Crippen LogP contribution >= 0.6 is 11.8 Å². The Morgan fingerprint density at radius 1 is 1.29 bits per heavy atom. The van der Waals surface area contributed by atoms with E-state index in [4.69, 9.17) is 4.74 Å². The van der Waals surface area contributed by atoms with E-state index < -0.39 is 0 Å². The number of morpholine rings is 1. The number of allylic oxidation sites excluding steroid dienone is 2. The summed E-state index contributed by atoms with van der Waals surface area (Å²) in [6.45, 7) is 12.7. The Morgan fingerprint density at radius 3 is 2.71 bits per heavy atom. The van der Waals surface area contributed by atoms with Gasteiger partial charge >= 0.3 is 0 Å². The molecule has 136 valence electrons. The summed E-state index contributed by atoms with van der Waals surface area (Å²) in [6.07, 6.45) is 5.78. The maximum Gasteiger partial charge on any atom is 0.233 e. The third-order valence-electron chi connectivity index (χ3n) is 6.28. The number of amides is 1. The van der Waals surface area contributed by atoms with Crippen LogP contribution in [0.1, 0.15) is 40.0 Å². The van der Waals surface area contributed by atoms with Gasteiger partial charge in [-0.3, -0.25) is 9.69 Å². The van der Waals surface area contributed by atoms with Crippen LogP contribution in [0.3, 0.4) is 0 Å². The number of thioether (sulfide) groups is 1. The van der Waals surface area contributed by atoms with Crippen molar-refractivity contribution in [2.24, 2.45) is 11.3 Å². The second-order valence-electron chi connectivity index (χ2n) is 7.94. The van der Waals surface area contributed by atoms with Crippen LogP contribution in [0.4, 0.5) is 0 Å². The third kappa shape index (κ3) is 4.00. The minimum atomic E-state index is 0.283. The minimum absolute atomic E-state index is 0.283. The molecule has 0 aromatic rings. The molecular formula is C19H32N2O2S. The molecule has 2 saturated heterocycles. The molecule has 3 rings (SSSR count). The number of carbonyl (C=O) groups excluding carboxylic acids is 1. The van der Waals surface area contributed by atoms with Gasteiger partial charge in [-0.25, -0.2) is 0 Å². The quantitative estimate of drug-likeness (QED) is 0.688. The number of nitrogens with zero attached hydrogens (tertiary/aromatic N) is 2. The molecule has 2 heterocycles. The van der Waals surface area contributed by atoms with Crippen molar-refractivity contribution in [3.63, 3.8) is 0 Å². The fraction of sp³-hybridized carbons (Fsp3) is 0.842. The van der Waals surface area contributed by atoms with E-state index in [9.17, 15) is 4.79 Å². The molecule has 1 unspecified atom stereocenters. The fourth-order valence-corrected chi connectivity index (χ4v) is 5.36. The second kappa shape index (κ2) is 7.79. The van der Waals surface area contributed by atoms with Crippen molar-refractivity contribution in [1.82, 2.24) is 9.80 Å². The smallest absolute Gasteiger partial charge is 0.233 e. The summed E-state index contributed by atoms with van der Waals surface area (Å²) in [5.74, 6) is 1.68. The molecule has 0 N–H and O–H groups in total. The first kappa shape index (κ1) is 18.3. The van der Waals surface area contributed by atoms with E-state index in [1.54, 1.807) is 0 Å². The monoisotopic (exact) mass is 352 g/mol. The van der Waals surface area contributed by atoms with Crippen LogP contribution < -0.4 is 0 Å². The van der Waals surface area contributed by atoms with E-state index in [-0.39, 0.29) is 5.41 Å². The number of rotatable bonds is 6. The molecule has 5 heteroatoms. The Morgan fingerprint density at radius 2 is 2.04 bits per heavy atom. The van der Waals surface area contributed by atoms with Crippen molar-refractivity contribution >= 4 is 17.7 Å². The summed E-state index contributed by atoms with van der Waals surface area (Å²) in [7, 11) is 0. The molecule has 1 aliphatic carbocycles. The molecule has 2 aliphatic heterocycles. The molecular weight excluding hydrogens is 320 g/mol. The van der Waals surface area contributed by atoms with Gasteiger partial charge in [-0.05, 0) is 37.5 Å². The van der Waals surface area contributed by atoms with Crippen LogP contribution in [0, 0.1) is 11.3 Å². The molecule has 0 saturated carbocycles. The van der Waals surface area contributed by atoms with Crippen LogP contribution in [0.2, 0.25) is 0 Å². The van der Waals surface area contributed by atoms with Gasteiger partial charge < -0.3 is 9.64 Å². The van der Waals surface area contributed by atoms with Gasteiger partial charge in [-0.15, -0.1) is 11.8 Å². The van der Waals surface area contributed by atoms with Gasteiger partial charge in [-0.1, -0.05) is 25.5 Å². The first-order chi connectivity index (χ1) is 11.5. The molecule has 0 aromatic carbocycles. The number of hydrogen-bond acceptors (Lipinski definition) is 4. The summed E-state index contributed by atoms with van der Waals surface area (Å²) in [5, 5.41) is 0.380. The summed E-state index contributed by atoms with van der Waals surface area (Å²) in [4.78, 5) is 16.9. The van der Waals surface area contributed by atoms with E-state index >= 15 is 0 Å². The second-order valence-corrected chi connectivity index (χ2v) is 9.10. The van der Waals surface area contributed by atoms with E-state index in [0.717, 1.165) is 52.2 Å². The number of ether oxygens (including phenoxy) is 1. The van der Waals surface area contributed by atoms with Crippen LogP contribution in [0.25, 0.3) is 0 Å². The Kier molecular flexibility index (Phi) is 5.94. The first-order valence-electron chi connectivity index (χ1n) is 9.37. The van der Waals surface area contributed by atoms with Crippen molar-refractivity contribution in [2.45, 2.75) is 45.4 Å². The standard InChI is InChI=1S/C19H32N2O2S/c1-15-5-6-16(19(15,2)3)13-18-21(17(22)14-24-18)8-4-7-20-9-11-23-12-10-20/h5,16,18H,4,6-14H2,1-3H3/t16-,18?/m0/s1. The predicted molar refractivity (Wildman–Crippen MR) is 100 cm³/mol. The molecule has 4 nitrogen and oxygen atoms in total. The van der Waals surface area contributed by atoms with Crippen molar-refractivity contribution in [3.05, 3.63) is 11.6 Å². The summed E-state index contributed by atoms with van der Waals surface area (Å²) in [6, 6.07) is 0. The van der Waals surface area contributed by atoms with Gasteiger partial charge in [0, 0.05) is 26.2 Å². The van der Waals surface area contributed by atoms with Crippen molar-refractivity contribution in [3.8, 4) is 0 Å². The van der Waals surface area contributed by atoms with E-state index in [2.05, 4.69) is 36.6 Å². The van der Waals surface area contributed by atoms with Crippen LogP contribution in [-0.4, -0.2) is 66.2 Å². The van der Waals surface area contributed by atoms with Gasteiger partial charge in [0.05, 0.1) is 24.3 Å². The highest BCUT2D eigenvalue weighted by Crippen LogP contribution is 2.47. The lowest BCUT2D eigenvalue weighted by Crippen LogP contribution is -2.40. The third-order valence-corrected chi connectivity index (χ3v) is 7.52. The Balaban J connectivity index is 1.49. The lowest BCUT2D eigenvalue weighted by molar-refractivity contribution is -0.128. The predicted octanol–water partition coefficient (Wildman–Crippen LogP) is 2.99. The Bertz CT molecular complexity index is 486. The lowest BCUT2D eigenvalue weighted by Gasteiger charge is -2.34. The largest absolute Gasteiger partial charge is 0.379 e. The molecule has 1 amide bonds. The van der Waals surface area contributed by atoms with Gasteiger partial charge in [0.15, 0.2) is 0 Å². The summed E-state index contributed by atoms with van der Waals surface area (Å²) in [5.41, 5.74) is 1.80. The molecule has 2 fully saturated rings. The highest BCUT2D eigenvalue weighted by Gasteiger charge is 2.40. The molecule has 0 radical (unpaired) electrons. The van der Waals surface area contributed by atoms with Crippen molar-refractivity contribution in [2.75, 3.05) is 45.1 Å². The van der Waals surface area contributed by atoms with Crippen LogP contribution in [0.5, 0.6) is 0 Å². The highest BCUT2D eigenvalue weighted by atomic mass is 32.2. The maximum atomic E-state index is 12.3. The van der Waals surface area contributed by atoms with Gasteiger partial charge in [0.1, 0.15) is 0 Å². The zero-order valence-corrected chi connectivity index (χ0v) is 16.2. The number of hydrogen-bond donors (Lipinski definition) is 0.